The van der Waals surface area contributed by atoms with Crippen LogP contribution < -0.4 is 10.0 Å². The van der Waals surface area contributed by atoms with Crippen molar-refractivity contribution in [3.63, 3.8) is 0 Å². The smallest absolute Gasteiger partial charge is 0.478 e. The number of aliphatic hydroxyl groups excluding tert-OH is 1. The Balaban J connectivity index is 0.000000676. The van der Waals surface area contributed by atoms with Crippen LogP contribution in [0.25, 0.3) is 10.9 Å². The molecule has 0 fully saturated rings. The number of sulfonamides is 1. The molecule has 3 aromatic carbocycles. The molecule has 0 radical (unpaired) electrons. The number of nitrogens with zero attached hydrogens (tertiary/aromatic N) is 1. The number of alkyl halides is 3. The first-order chi connectivity index (χ1) is 20.5. The molecule has 0 saturated carbocycles. The number of aliphatic hydroxyl groups is 1. The quantitative estimate of drug-likeness (QED) is 0.149. The van der Waals surface area contributed by atoms with Crippen molar-refractivity contribution in [3.8, 4) is 0 Å². The summed E-state index contributed by atoms with van der Waals surface area (Å²) in [6, 6.07) is 21.9. The van der Waals surface area contributed by atoms with E-state index in [-0.39, 0.29) is 22.5 Å². The van der Waals surface area contributed by atoms with Crippen LogP contribution in [0.4, 0.5) is 18.9 Å². The second-order valence-corrected chi connectivity index (χ2v) is 12.1. The van der Waals surface area contributed by atoms with E-state index >= 15 is 0 Å². The number of hydrogen-bond acceptors (Lipinski definition) is 6. The Morgan fingerprint density at radius 1 is 0.932 bits per heavy atom. The first-order valence-electron chi connectivity index (χ1n) is 13.2. The van der Waals surface area contributed by atoms with E-state index in [4.69, 9.17) is 9.90 Å². The molecule has 0 aliphatic rings. The fraction of sp³-hybridized carbons (Fsp3) is 0.267. The summed E-state index contributed by atoms with van der Waals surface area (Å²) in [6.07, 6.45) is -3.20. The number of aromatic nitrogens is 1. The Labute approximate surface area is 251 Å². The summed E-state index contributed by atoms with van der Waals surface area (Å²) >= 11 is 0. The van der Waals surface area contributed by atoms with Crippen LogP contribution in [0.3, 0.4) is 0 Å². The highest BCUT2D eigenvalue weighted by molar-refractivity contribution is 7.92. The van der Waals surface area contributed by atoms with Crippen LogP contribution in [-0.4, -0.2) is 58.5 Å². The molecule has 0 aliphatic carbocycles. The second-order valence-electron chi connectivity index (χ2n) is 10.5. The Hall–Kier alpha value is -4.40. The van der Waals surface area contributed by atoms with Crippen molar-refractivity contribution in [2.24, 2.45) is 0 Å². The minimum Gasteiger partial charge on any atom is -0.478 e. The molecule has 4 rings (SSSR count). The number of halogens is 3. The molecule has 236 valence electrons. The minimum atomic E-state index is -5.08. The summed E-state index contributed by atoms with van der Waals surface area (Å²) in [4.78, 5) is 20.3. The number of hydrogen-bond donors (Lipinski definition) is 5. The normalized spacial score (nSPS) is 12.7. The van der Waals surface area contributed by atoms with Crippen LogP contribution in [-0.2, 0) is 21.4 Å². The molecule has 14 heteroatoms. The molecule has 5 N–H and O–H groups in total. The molecular formula is C30H32F3N3O7S. The van der Waals surface area contributed by atoms with Gasteiger partial charge < -0.3 is 25.2 Å². The van der Waals surface area contributed by atoms with Crippen molar-refractivity contribution in [2.45, 2.75) is 49.5 Å². The van der Waals surface area contributed by atoms with E-state index in [0.29, 0.717) is 17.8 Å². The fourth-order valence-corrected chi connectivity index (χ4v) is 5.20. The number of aryl methyl sites for hydroxylation is 1. The first-order valence-corrected chi connectivity index (χ1v) is 14.7. The van der Waals surface area contributed by atoms with Crippen molar-refractivity contribution >= 4 is 38.6 Å². The van der Waals surface area contributed by atoms with E-state index in [0.717, 1.165) is 17.3 Å². The predicted molar refractivity (Wildman–Crippen MR) is 158 cm³/mol. The summed E-state index contributed by atoms with van der Waals surface area (Å²) in [5.41, 5.74) is 1.91. The highest BCUT2D eigenvalue weighted by atomic mass is 32.2. The van der Waals surface area contributed by atoms with Crippen molar-refractivity contribution in [3.05, 3.63) is 96.2 Å². The van der Waals surface area contributed by atoms with Crippen LogP contribution in [0, 0.1) is 0 Å². The van der Waals surface area contributed by atoms with E-state index in [1.165, 1.54) is 12.1 Å². The Bertz CT molecular complexity index is 1710. The lowest BCUT2D eigenvalue weighted by molar-refractivity contribution is -0.192. The number of β-amino-alcohol motifs (C(OH)–C–C–N with tert-alkyl or cyclic N) is 1. The van der Waals surface area contributed by atoms with Crippen LogP contribution in [0.1, 0.15) is 42.3 Å². The maximum atomic E-state index is 12.6. The lowest BCUT2D eigenvalue weighted by atomic mass is 9.99. The van der Waals surface area contributed by atoms with Gasteiger partial charge in [0, 0.05) is 41.4 Å². The largest absolute Gasteiger partial charge is 0.490 e. The van der Waals surface area contributed by atoms with E-state index < -0.39 is 34.2 Å². The highest BCUT2D eigenvalue weighted by Gasteiger charge is 2.38. The molecule has 1 aromatic heterocycles. The summed E-state index contributed by atoms with van der Waals surface area (Å²) in [5.74, 6) is -3.70. The molecule has 0 bridgehead atoms. The lowest BCUT2D eigenvalue weighted by Gasteiger charge is -2.28. The third kappa shape index (κ3) is 9.56. The molecule has 1 atom stereocenters. The van der Waals surface area contributed by atoms with Gasteiger partial charge in [0.15, 0.2) is 0 Å². The molecule has 0 aliphatic heterocycles. The van der Waals surface area contributed by atoms with Gasteiger partial charge in [0.25, 0.3) is 10.0 Å². The van der Waals surface area contributed by atoms with Gasteiger partial charge in [0.05, 0.1) is 16.6 Å². The maximum Gasteiger partial charge on any atom is 0.490 e. The minimum absolute atomic E-state index is 0.169. The van der Waals surface area contributed by atoms with Gasteiger partial charge in [0.1, 0.15) is 0 Å². The zero-order valence-corrected chi connectivity index (χ0v) is 24.6. The van der Waals surface area contributed by atoms with Gasteiger partial charge >= 0.3 is 18.1 Å². The Morgan fingerprint density at radius 3 is 2.20 bits per heavy atom. The summed E-state index contributed by atoms with van der Waals surface area (Å²) in [5, 5.41) is 31.4. The van der Waals surface area contributed by atoms with Crippen molar-refractivity contribution < 1.29 is 46.5 Å². The number of carbonyl (C=O) groups is 2. The zero-order valence-electron chi connectivity index (χ0n) is 23.7. The maximum absolute atomic E-state index is 12.6. The van der Waals surface area contributed by atoms with Crippen LogP contribution >= 0.6 is 0 Å². The highest BCUT2D eigenvalue weighted by Crippen LogP contribution is 2.23. The van der Waals surface area contributed by atoms with Gasteiger partial charge in [0.2, 0.25) is 0 Å². The molecule has 44 heavy (non-hydrogen) atoms. The third-order valence-electron chi connectivity index (χ3n) is 6.59. The number of carboxylic acids is 2. The van der Waals surface area contributed by atoms with Gasteiger partial charge in [-0.25, -0.2) is 18.0 Å². The van der Waals surface area contributed by atoms with Gasteiger partial charge in [-0.2, -0.15) is 13.2 Å². The molecule has 0 saturated heterocycles. The van der Waals surface area contributed by atoms with Crippen molar-refractivity contribution in [2.75, 3.05) is 11.3 Å². The molecule has 4 aromatic rings. The van der Waals surface area contributed by atoms with Crippen molar-refractivity contribution in [1.82, 2.24) is 9.88 Å². The molecule has 1 heterocycles. The fourth-order valence-electron chi connectivity index (χ4n) is 4.13. The van der Waals surface area contributed by atoms with E-state index in [1.807, 2.05) is 18.3 Å². The van der Waals surface area contributed by atoms with Gasteiger partial charge in [-0.15, -0.1) is 0 Å². The predicted octanol–water partition coefficient (Wildman–Crippen LogP) is 5.27. The molecule has 0 unspecified atom stereocenters. The number of fused-ring (bicyclic) bond motifs is 1. The van der Waals surface area contributed by atoms with Gasteiger partial charge in [-0.1, -0.05) is 30.3 Å². The molecule has 0 amide bonds. The number of rotatable bonds is 11. The number of anilines is 1. The SMILES string of the molecule is CC(C)(CCn1ccc2cc(C(=O)O)ccc21)NC[C@H](O)c1cccc(NS(=O)(=O)c2ccccc2)c1.O=C(O)C(F)(F)F. The Kier molecular flexibility index (Phi) is 10.8. The van der Waals surface area contributed by atoms with Crippen molar-refractivity contribution in [1.29, 1.82) is 0 Å². The van der Waals surface area contributed by atoms with Gasteiger partial charge in [-0.05, 0) is 74.4 Å². The third-order valence-corrected chi connectivity index (χ3v) is 7.99. The zero-order chi connectivity index (χ0) is 32.7. The number of carboxylic acid groups (broad SMARTS) is 2. The van der Waals surface area contributed by atoms with Crippen LogP contribution in [0.2, 0.25) is 0 Å². The molecule has 0 spiro atoms. The summed E-state index contributed by atoms with van der Waals surface area (Å²) in [6.45, 7) is 5.11. The molecule has 10 nitrogen and oxygen atoms in total. The molecular weight excluding hydrogens is 603 g/mol. The second kappa shape index (κ2) is 13.9. The van der Waals surface area contributed by atoms with Crippen LogP contribution in [0.5, 0.6) is 0 Å². The number of nitrogens with one attached hydrogen (secondary N) is 2. The van der Waals surface area contributed by atoms with Gasteiger partial charge in [-0.3, -0.25) is 4.72 Å². The standard InChI is InChI=1S/C28H31N3O5S.C2HF3O2/c1-28(2,14-16-31-15-13-20-17-22(27(33)34)11-12-25(20)31)29-19-26(32)21-7-6-8-23(18-21)30-37(35,36)24-9-4-3-5-10-24;3-2(4,5)1(6)7/h3-13,15,17-18,26,29-30,32H,14,16,19H2,1-2H3,(H,33,34);(H,6,7)/t26-;/m0./s1. The lowest BCUT2D eigenvalue weighted by Crippen LogP contribution is -2.42. The van der Waals surface area contributed by atoms with E-state index in [2.05, 4.69) is 28.5 Å². The van der Waals surface area contributed by atoms with Crippen LogP contribution in [0.15, 0.2) is 90.0 Å². The number of benzene rings is 3. The average molecular weight is 636 g/mol. The Morgan fingerprint density at radius 2 is 1.59 bits per heavy atom. The van der Waals surface area contributed by atoms with E-state index in [1.54, 1.807) is 54.6 Å². The average Bonchev–Trinajstić information content (AvgIpc) is 3.37. The number of aromatic carboxylic acids is 1. The number of aliphatic carboxylic acids is 1. The summed E-state index contributed by atoms with van der Waals surface area (Å²) in [7, 11) is -3.72. The van der Waals surface area contributed by atoms with E-state index in [9.17, 15) is 36.6 Å². The monoisotopic (exact) mass is 635 g/mol. The first kappa shape index (κ1) is 34.1. The summed E-state index contributed by atoms with van der Waals surface area (Å²) < 4.78 is 61.6. The topological polar surface area (TPSA) is 158 Å².